The summed E-state index contributed by atoms with van der Waals surface area (Å²) in [4.78, 5) is 0. The Labute approximate surface area is 571 Å². The summed E-state index contributed by atoms with van der Waals surface area (Å²) >= 11 is 0. The van der Waals surface area contributed by atoms with Crippen LogP contribution in [0.25, 0.3) is 111 Å². The van der Waals surface area contributed by atoms with Gasteiger partial charge in [0.05, 0.1) is 33.5 Å². The lowest BCUT2D eigenvalue weighted by Crippen LogP contribution is -2.77. The van der Waals surface area contributed by atoms with Crippen LogP contribution in [0.1, 0.15) is 0 Å². The first kappa shape index (κ1) is 57.1. The molecule has 0 amide bonds. The van der Waals surface area contributed by atoms with E-state index < -0.39 is 16.1 Å². The Morgan fingerprint density at radius 2 is 0.398 bits per heavy atom. The van der Waals surface area contributed by atoms with Gasteiger partial charge in [-0.2, -0.15) is 0 Å². The fraction of sp³-hybridized carbons (Fsp3) is 0. The summed E-state index contributed by atoms with van der Waals surface area (Å²) in [7, 11) is -6.34. The Balaban J connectivity index is 0.000000137. The van der Waals surface area contributed by atoms with Crippen molar-refractivity contribution in [1.82, 2.24) is 18.3 Å². The standard InChI is InChI=1S/2C46H32N2Si/c1-5-19-33(20-6-1)47-41-31-17-15-29-39(41)45-43(47)37-27-13-14-28-38(37)44-46(40-30-16-18-32-42(40)48(44)34-21-7-2-8-22-34)49(45,35-23-9-3-10-24-35)36-25-11-4-12-26-36;1-5-19-33(20-6-1)47-41-31-17-15-29-39(41)43-37-27-13-14-28-38(37)44-40-30-16-18-32-42(40)48(34-21-7-2-8-22-34)46(44)49(45(43)47,35-23-9-3-10-24-35)36-25-11-4-12-26-36/h2*1-32H. The maximum absolute atomic E-state index is 3.22. The first-order chi connectivity index (χ1) is 48.7. The van der Waals surface area contributed by atoms with Gasteiger partial charge >= 0.3 is 0 Å². The van der Waals surface area contributed by atoms with Crippen LogP contribution < -0.4 is 41.8 Å². The summed E-state index contributed by atoms with van der Waals surface area (Å²) in [5, 5.41) is 16.3. The molecule has 4 nitrogen and oxygen atoms in total. The molecule has 2 aliphatic rings. The van der Waals surface area contributed by atoms with Crippen LogP contribution in [0.15, 0.2) is 388 Å². The second-order valence-electron chi connectivity index (χ2n) is 25.7. The minimum Gasteiger partial charge on any atom is -0.316 e. The molecular weight excluding hydrogens is 1220 g/mol. The van der Waals surface area contributed by atoms with E-state index in [4.69, 9.17) is 0 Å². The van der Waals surface area contributed by atoms with Crippen molar-refractivity contribution in [3.8, 4) is 67.5 Å². The van der Waals surface area contributed by atoms with Gasteiger partial charge < -0.3 is 18.3 Å². The molecule has 6 heterocycles. The fourth-order valence-corrected chi connectivity index (χ4v) is 28.2. The zero-order valence-electron chi connectivity index (χ0n) is 53.7. The van der Waals surface area contributed by atoms with Gasteiger partial charge in [0.2, 0.25) is 8.07 Å². The van der Waals surface area contributed by atoms with Crippen molar-refractivity contribution in [2.75, 3.05) is 0 Å². The van der Waals surface area contributed by atoms with Crippen LogP contribution in [0.5, 0.6) is 0 Å². The van der Waals surface area contributed by atoms with E-state index in [1.54, 1.807) is 0 Å². The second-order valence-corrected chi connectivity index (χ2v) is 33.0. The molecule has 98 heavy (non-hydrogen) atoms. The lowest BCUT2D eigenvalue weighted by molar-refractivity contribution is 1.13. The number of para-hydroxylation sites is 8. The molecule has 6 heteroatoms. The number of rotatable bonds is 8. The predicted molar refractivity (Wildman–Crippen MR) is 416 cm³/mol. The zero-order chi connectivity index (χ0) is 64.7. The second kappa shape index (κ2) is 23.3. The molecule has 0 unspecified atom stereocenters. The third kappa shape index (κ3) is 8.35. The summed E-state index contributed by atoms with van der Waals surface area (Å²) in [5.41, 5.74) is 19.9. The highest BCUT2D eigenvalue weighted by Gasteiger charge is 2.54. The van der Waals surface area contributed by atoms with E-state index in [1.807, 2.05) is 0 Å². The first-order valence-corrected chi connectivity index (χ1v) is 37.9. The Kier molecular flexibility index (Phi) is 13.6. The highest BCUT2D eigenvalue weighted by molar-refractivity contribution is 7.23. The lowest BCUT2D eigenvalue weighted by atomic mass is 9.94. The van der Waals surface area contributed by atoms with E-state index in [2.05, 4.69) is 407 Å². The van der Waals surface area contributed by atoms with Crippen molar-refractivity contribution in [3.63, 3.8) is 0 Å². The molecule has 0 spiro atoms. The van der Waals surface area contributed by atoms with Gasteiger partial charge in [0, 0.05) is 77.2 Å². The number of hydrogen-bond acceptors (Lipinski definition) is 0. The van der Waals surface area contributed by atoms with Gasteiger partial charge in [-0.05, 0) is 115 Å². The fourth-order valence-electron chi connectivity index (χ4n) is 17.1. The molecule has 14 aromatic carbocycles. The number of nitrogens with zero attached hydrogens (tertiary/aromatic N) is 4. The van der Waals surface area contributed by atoms with Crippen molar-refractivity contribution in [2.24, 2.45) is 0 Å². The van der Waals surface area contributed by atoms with Crippen LogP contribution in [-0.4, -0.2) is 34.4 Å². The quantitative estimate of drug-likeness (QED) is 0.135. The average molecular weight is 1280 g/mol. The van der Waals surface area contributed by atoms with Crippen molar-refractivity contribution >= 4 is 102 Å². The van der Waals surface area contributed by atoms with E-state index in [0.29, 0.717) is 0 Å². The van der Waals surface area contributed by atoms with Crippen molar-refractivity contribution < 1.29 is 0 Å². The molecule has 0 saturated heterocycles. The predicted octanol–water partition coefficient (Wildman–Crippen LogP) is 17.2. The van der Waals surface area contributed by atoms with Gasteiger partial charge in [0.1, 0.15) is 0 Å². The molecular formula is C92H64N4Si2. The Bertz CT molecular complexity index is 5650. The summed E-state index contributed by atoms with van der Waals surface area (Å²) in [5.74, 6) is 0. The summed E-state index contributed by atoms with van der Waals surface area (Å²) in [6, 6.07) is 144. The SMILES string of the molecule is c1ccc(-n2c3c(c4ccccc42)-c2ccccc2-c2c(n(-c4ccccc4)c4ccccc24)[Si]3(c2ccccc2)c2ccccc2)cc1.c1ccc(-n2c3c(c4ccccc42)[Si](c2ccccc2)(c2ccccc2)c2c(n(-c4ccccc4)c4ccccc24)-c2ccccc2-3)cc1. The zero-order valence-corrected chi connectivity index (χ0v) is 55.7. The van der Waals surface area contributed by atoms with Gasteiger partial charge in [-0.3, -0.25) is 0 Å². The van der Waals surface area contributed by atoms with Crippen LogP contribution in [0.3, 0.4) is 0 Å². The highest BCUT2D eigenvalue weighted by atomic mass is 28.3. The van der Waals surface area contributed by atoms with Crippen LogP contribution in [-0.2, 0) is 0 Å². The van der Waals surface area contributed by atoms with Gasteiger partial charge in [-0.1, -0.05) is 315 Å². The van der Waals surface area contributed by atoms with Crippen molar-refractivity contribution in [2.45, 2.75) is 0 Å². The molecule has 0 saturated carbocycles. The third-order valence-corrected chi connectivity index (χ3v) is 30.4. The summed E-state index contributed by atoms with van der Waals surface area (Å²) in [6.07, 6.45) is 0. The first-order valence-electron chi connectivity index (χ1n) is 33.9. The summed E-state index contributed by atoms with van der Waals surface area (Å²) in [6.45, 7) is 0. The minimum absolute atomic E-state index is 1.17. The highest BCUT2D eigenvalue weighted by Crippen LogP contribution is 2.47. The molecule has 460 valence electrons. The van der Waals surface area contributed by atoms with Crippen LogP contribution in [0.4, 0.5) is 0 Å². The average Bonchev–Trinajstić information content (AvgIpc) is 1.54. The molecule has 0 aliphatic carbocycles. The Morgan fingerprint density at radius 1 is 0.173 bits per heavy atom. The topological polar surface area (TPSA) is 19.7 Å². The molecule has 0 atom stereocenters. The maximum Gasteiger partial charge on any atom is 0.220 e. The number of benzene rings is 14. The normalized spacial score (nSPS) is 13.1. The smallest absolute Gasteiger partial charge is 0.220 e. The largest absolute Gasteiger partial charge is 0.316 e. The minimum atomic E-state index is -3.22. The van der Waals surface area contributed by atoms with Gasteiger partial charge in [-0.25, -0.2) is 0 Å². The molecule has 4 aromatic heterocycles. The monoisotopic (exact) mass is 1280 g/mol. The third-order valence-electron chi connectivity index (χ3n) is 20.7. The number of fused-ring (bicyclic) bond motifs is 18. The van der Waals surface area contributed by atoms with Crippen LogP contribution in [0, 0.1) is 0 Å². The van der Waals surface area contributed by atoms with E-state index in [9.17, 15) is 0 Å². The number of aromatic nitrogens is 4. The van der Waals surface area contributed by atoms with Gasteiger partial charge in [-0.15, -0.1) is 0 Å². The molecule has 0 bridgehead atoms. The molecule has 0 radical (unpaired) electrons. The maximum atomic E-state index is 2.61. The Morgan fingerprint density at radius 3 is 0.714 bits per heavy atom. The molecule has 0 N–H and O–H groups in total. The van der Waals surface area contributed by atoms with Crippen LogP contribution in [0.2, 0.25) is 0 Å². The van der Waals surface area contributed by atoms with Gasteiger partial charge in [0.15, 0.2) is 8.07 Å². The van der Waals surface area contributed by atoms with Crippen molar-refractivity contribution in [3.05, 3.63) is 388 Å². The van der Waals surface area contributed by atoms with Crippen LogP contribution >= 0.6 is 0 Å². The van der Waals surface area contributed by atoms with E-state index >= 15 is 0 Å². The lowest BCUT2D eigenvalue weighted by Gasteiger charge is -2.36. The van der Waals surface area contributed by atoms with E-state index in [0.717, 1.165) is 0 Å². The molecule has 2 aliphatic heterocycles. The van der Waals surface area contributed by atoms with E-state index in [-0.39, 0.29) is 0 Å². The molecule has 18 aromatic rings. The molecule has 20 rings (SSSR count). The Hall–Kier alpha value is -12.3. The van der Waals surface area contributed by atoms with Crippen molar-refractivity contribution in [1.29, 1.82) is 0 Å². The van der Waals surface area contributed by atoms with E-state index in [1.165, 1.54) is 153 Å². The number of hydrogen-bond donors (Lipinski definition) is 0. The van der Waals surface area contributed by atoms with Gasteiger partial charge in [0.25, 0.3) is 0 Å². The molecule has 0 fully saturated rings. The summed E-state index contributed by atoms with van der Waals surface area (Å²) < 4.78 is 10.3.